The first-order chi connectivity index (χ1) is 17.3. The average Bonchev–Trinajstić information content (AvgIpc) is 3.32. The van der Waals surface area contributed by atoms with Crippen LogP contribution in [0, 0.1) is 0 Å². The number of benzene rings is 2. The van der Waals surface area contributed by atoms with Gasteiger partial charge in [0.2, 0.25) is 5.95 Å². The Labute approximate surface area is 215 Å². The van der Waals surface area contributed by atoms with Crippen LogP contribution in [0.1, 0.15) is 38.2 Å². The third-order valence-corrected chi connectivity index (χ3v) is 8.34. The fourth-order valence-corrected chi connectivity index (χ4v) is 6.06. The van der Waals surface area contributed by atoms with Gasteiger partial charge in [-0.25, -0.2) is 23.1 Å². The van der Waals surface area contributed by atoms with E-state index in [2.05, 4.69) is 27.0 Å². The zero-order chi connectivity index (χ0) is 25.3. The zero-order valence-electron chi connectivity index (χ0n) is 19.9. The maximum absolute atomic E-state index is 12.8. The Morgan fingerprint density at radius 2 is 1.92 bits per heavy atom. The van der Waals surface area contributed by atoms with E-state index in [0.29, 0.717) is 23.7 Å². The minimum Gasteiger partial charge on any atom is -0.351 e. The Bertz CT molecular complexity index is 1500. The van der Waals surface area contributed by atoms with Gasteiger partial charge in [0, 0.05) is 23.7 Å². The molecule has 36 heavy (non-hydrogen) atoms. The van der Waals surface area contributed by atoms with E-state index in [-0.39, 0.29) is 9.92 Å². The fraction of sp³-hybridized carbons (Fsp3) is 0.320. The third kappa shape index (κ3) is 5.16. The molecule has 4 N–H and O–H groups in total. The van der Waals surface area contributed by atoms with Crippen LogP contribution in [-0.4, -0.2) is 40.2 Å². The van der Waals surface area contributed by atoms with Crippen molar-refractivity contribution in [3.05, 3.63) is 65.6 Å². The standard InChI is InChI=1S/C25H28ClN7O2S/c1-2-16-11-21(12-17-13-28-25(31-24(16)17)30-19-9-7-18(27)8-10-19)33-15-20(14-29-33)32-36(34,35)23-6-4-3-5-22(23)26/h3-6,11-15,18-19,32H,2,7-10,27H2,1H3,(H,28,30,31). The Balaban J connectivity index is 1.39. The quantitative estimate of drug-likeness (QED) is 0.323. The van der Waals surface area contributed by atoms with Crippen LogP contribution < -0.4 is 15.8 Å². The molecule has 1 aliphatic rings. The molecule has 188 valence electrons. The largest absolute Gasteiger partial charge is 0.351 e. The second-order valence-corrected chi connectivity index (χ2v) is 11.1. The first-order valence-corrected chi connectivity index (χ1v) is 13.8. The summed E-state index contributed by atoms with van der Waals surface area (Å²) in [5.74, 6) is 0.626. The van der Waals surface area contributed by atoms with Gasteiger partial charge in [-0.1, -0.05) is 30.7 Å². The Kier molecular flexibility index (Phi) is 6.83. The van der Waals surface area contributed by atoms with Gasteiger partial charge in [-0.2, -0.15) is 5.10 Å². The van der Waals surface area contributed by atoms with Crippen molar-refractivity contribution in [1.82, 2.24) is 19.7 Å². The Hall–Kier alpha value is -3.21. The van der Waals surface area contributed by atoms with Crippen LogP contribution >= 0.6 is 11.6 Å². The number of nitrogens with two attached hydrogens (primary N) is 1. The van der Waals surface area contributed by atoms with Crippen molar-refractivity contribution in [2.75, 3.05) is 10.0 Å². The number of nitrogens with zero attached hydrogens (tertiary/aromatic N) is 4. The summed E-state index contributed by atoms with van der Waals surface area (Å²) in [4.78, 5) is 9.35. The van der Waals surface area contributed by atoms with Crippen LogP contribution in [0.25, 0.3) is 16.6 Å². The molecule has 1 saturated carbocycles. The lowest BCUT2D eigenvalue weighted by Crippen LogP contribution is -2.33. The second-order valence-electron chi connectivity index (χ2n) is 9.06. The normalized spacial score (nSPS) is 18.3. The SMILES string of the molecule is CCc1cc(-n2cc(NS(=O)(=O)c3ccccc3Cl)cn2)cc2cnc(NC3CCC(N)CC3)nc12. The summed E-state index contributed by atoms with van der Waals surface area (Å²) in [6.07, 6.45) is 9.72. The van der Waals surface area contributed by atoms with Gasteiger partial charge in [0.25, 0.3) is 10.0 Å². The van der Waals surface area contributed by atoms with Gasteiger partial charge in [0.05, 0.1) is 34.3 Å². The van der Waals surface area contributed by atoms with Crippen LogP contribution in [0.2, 0.25) is 5.02 Å². The van der Waals surface area contributed by atoms with E-state index in [9.17, 15) is 8.42 Å². The van der Waals surface area contributed by atoms with E-state index in [1.54, 1.807) is 23.0 Å². The van der Waals surface area contributed by atoms with E-state index < -0.39 is 10.0 Å². The fourth-order valence-electron chi connectivity index (χ4n) is 4.51. The molecule has 0 bridgehead atoms. The molecule has 1 fully saturated rings. The van der Waals surface area contributed by atoms with Crippen molar-refractivity contribution in [3.8, 4) is 5.69 Å². The van der Waals surface area contributed by atoms with Gasteiger partial charge in [-0.3, -0.25) is 4.72 Å². The number of anilines is 2. The highest BCUT2D eigenvalue weighted by molar-refractivity contribution is 7.92. The first kappa shape index (κ1) is 24.5. The molecule has 9 nitrogen and oxygen atoms in total. The molecular weight excluding hydrogens is 498 g/mol. The number of aromatic nitrogens is 4. The van der Waals surface area contributed by atoms with Gasteiger partial charge >= 0.3 is 0 Å². The highest BCUT2D eigenvalue weighted by Crippen LogP contribution is 2.27. The molecule has 0 atom stereocenters. The predicted octanol–water partition coefficient (Wildman–Crippen LogP) is 4.51. The van der Waals surface area contributed by atoms with Crippen LogP contribution in [0.3, 0.4) is 0 Å². The number of aryl methyl sites for hydroxylation is 1. The highest BCUT2D eigenvalue weighted by atomic mass is 35.5. The maximum atomic E-state index is 12.8. The molecule has 4 aromatic rings. The minimum atomic E-state index is -3.85. The number of nitrogens with one attached hydrogen (secondary N) is 2. The average molecular weight is 526 g/mol. The van der Waals surface area contributed by atoms with Crippen molar-refractivity contribution in [1.29, 1.82) is 0 Å². The van der Waals surface area contributed by atoms with Gasteiger partial charge in [-0.05, 0) is 61.9 Å². The third-order valence-electron chi connectivity index (χ3n) is 6.46. The van der Waals surface area contributed by atoms with Crippen LogP contribution in [-0.2, 0) is 16.4 Å². The van der Waals surface area contributed by atoms with E-state index in [4.69, 9.17) is 22.3 Å². The number of hydrogen-bond acceptors (Lipinski definition) is 7. The second kappa shape index (κ2) is 10.0. The molecule has 0 aliphatic heterocycles. The summed E-state index contributed by atoms with van der Waals surface area (Å²) in [6.45, 7) is 2.07. The maximum Gasteiger partial charge on any atom is 0.263 e. The predicted molar refractivity (Wildman–Crippen MR) is 142 cm³/mol. The lowest BCUT2D eigenvalue weighted by molar-refractivity contribution is 0.410. The number of halogens is 1. The van der Waals surface area contributed by atoms with Crippen molar-refractivity contribution in [2.24, 2.45) is 5.73 Å². The van der Waals surface area contributed by atoms with Crippen molar-refractivity contribution >= 4 is 44.2 Å². The number of sulfonamides is 1. The molecular formula is C25H28ClN7O2S. The van der Waals surface area contributed by atoms with E-state index in [0.717, 1.165) is 54.3 Å². The first-order valence-electron chi connectivity index (χ1n) is 12.0. The monoisotopic (exact) mass is 525 g/mol. The summed E-state index contributed by atoms with van der Waals surface area (Å²) in [5.41, 5.74) is 9.07. The van der Waals surface area contributed by atoms with Crippen LogP contribution in [0.5, 0.6) is 0 Å². The summed E-state index contributed by atoms with van der Waals surface area (Å²) < 4.78 is 29.7. The zero-order valence-corrected chi connectivity index (χ0v) is 21.4. The van der Waals surface area contributed by atoms with Crippen LogP contribution in [0.15, 0.2) is 59.9 Å². The van der Waals surface area contributed by atoms with Gasteiger partial charge in [-0.15, -0.1) is 0 Å². The molecule has 0 amide bonds. The van der Waals surface area contributed by atoms with Crippen molar-refractivity contribution < 1.29 is 8.42 Å². The smallest absolute Gasteiger partial charge is 0.263 e. The van der Waals surface area contributed by atoms with E-state index >= 15 is 0 Å². The van der Waals surface area contributed by atoms with Gasteiger partial charge < -0.3 is 11.1 Å². The summed E-state index contributed by atoms with van der Waals surface area (Å²) in [7, 11) is -3.85. The van der Waals surface area contributed by atoms with Crippen molar-refractivity contribution in [3.63, 3.8) is 0 Å². The Morgan fingerprint density at radius 3 is 2.67 bits per heavy atom. The molecule has 5 rings (SSSR count). The lowest BCUT2D eigenvalue weighted by Gasteiger charge is -2.26. The molecule has 0 spiro atoms. The van der Waals surface area contributed by atoms with E-state index in [1.165, 1.54) is 18.3 Å². The summed E-state index contributed by atoms with van der Waals surface area (Å²) >= 11 is 6.07. The topological polar surface area (TPSA) is 128 Å². The van der Waals surface area contributed by atoms with Crippen LogP contribution in [0.4, 0.5) is 11.6 Å². The molecule has 0 radical (unpaired) electrons. The molecule has 11 heteroatoms. The van der Waals surface area contributed by atoms with E-state index in [1.807, 2.05) is 18.3 Å². The molecule has 2 heterocycles. The minimum absolute atomic E-state index is 0.0102. The molecule has 0 saturated heterocycles. The molecule has 1 aliphatic carbocycles. The molecule has 2 aromatic carbocycles. The summed E-state index contributed by atoms with van der Waals surface area (Å²) in [5, 5.41) is 8.86. The Morgan fingerprint density at radius 1 is 1.14 bits per heavy atom. The summed E-state index contributed by atoms with van der Waals surface area (Å²) in [6, 6.07) is 10.9. The van der Waals surface area contributed by atoms with Crippen molar-refractivity contribution in [2.45, 2.75) is 56.0 Å². The molecule has 2 aromatic heterocycles. The molecule has 0 unspecified atom stereocenters. The number of fused-ring (bicyclic) bond motifs is 1. The van der Waals surface area contributed by atoms with Gasteiger partial charge in [0.1, 0.15) is 4.90 Å². The number of hydrogen-bond donors (Lipinski definition) is 3. The van der Waals surface area contributed by atoms with Gasteiger partial charge in [0.15, 0.2) is 0 Å². The lowest BCUT2D eigenvalue weighted by atomic mass is 9.92. The highest BCUT2D eigenvalue weighted by Gasteiger charge is 2.20. The number of rotatable bonds is 7.